The monoisotopic (exact) mass is 163 g/mol. The smallest absolute Gasteiger partial charge is 0.159 e. The summed E-state index contributed by atoms with van der Waals surface area (Å²) in [5.74, 6) is 1.76. The molecule has 0 unspecified atom stereocenters. The molecule has 1 aliphatic rings. The first-order chi connectivity index (χ1) is 5.66. The van der Waals surface area contributed by atoms with Crippen LogP contribution in [0.15, 0.2) is 34.5 Å². The van der Waals surface area contributed by atoms with Crippen LogP contribution in [0.5, 0.6) is 0 Å². The van der Waals surface area contributed by atoms with Crippen molar-refractivity contribution < 1.29 is 0 Å². The molecule has 0 aromatic carbocycles. The van der Waals surface area contributed by atoms with Crippen molar-refractivity contribution >= 4 is 11.7 Å². The van der Waals surface area contributed by atoms with E-state index in [1.807, 2.05) is 31.9 Å². The number of aliphatic imine (C=N–C) groups is 2. The Bertz CT molecular complexity index is 284. The maximum Gasteiger partial charge on any atom is 0.159 e. The molecular formula is C9H13N3. The number of allylic oxidation sites excluding steroid dienone is 1. The van der Waals surface area contributed by atoms with Crippen LogP contribution in [0.3, 0.4) is 0 Å². The average molecular weight is 163 g/mol. The molecule has 0 spiro atoms. The van der Waals surface area contributed by atoms with E-state index in [4.69, 9.17) is 0 Å². The zero-order chi connectivity index (χ0) is 9.14. The van der Waals surface area contributed by atoms with E-state index in [9.17, 15) is 0 Å². The second-order valence-electron chi connectivity index (χ2n) is 2.60. The Hall–Kier alpha value is -1.38. The van der Waals surface area contributed by atoms with Crippen LogP contribution in [0.1, 0.15) is 13.8 Å². The van der Waals surface area contributed by atoms with Crippen LogP contribution in [-0.4, -0.2) is 23.6 Å². The Morgan fingerprint density at radius 3 is 2.67 bits per heavy atom. The average Bonchev–Trinajstić information content (AvgIpc) is 2.25. The molecule has 0 aromatic rings. The number of hydrogen-bond donors (Lipinski definition) is 0. The van der Waals surface area contributed by atoms with Gasteiger partial charge in [0.15, 0.2) is 5.84 Å². The van der Waals surface area contributed by atoms with Gasteiger partial charge in [-0.05, 0) is 13.8 Å². The molecular weight excluding hydrogens is 150 g/mol. The van der Waals surface area contributed by atoms with Crippen molar-refractivity contribution in [3.8, 4) is 0 Å². The van der Waals surface area contributed by atoms with Gasteiger partial charge in [-0.15, -0.1) is 0 Å². The molecule has 1 aliphatic heterocycles. The van der Waals surface area contributed by atoms with Gasteiger partial charge in [0.25, 0.3) is 0 Å². The van der Waals surface area contributed by atoms with Gasteiger partial charge >= 0.3 is 0 Å². The molecule has 0 saturated carbocycles. The highest BCUT2D eigenvalue weighted by atomic mass is 15.3. The van der Waals surface area contributed by atoms with Crippen LogP contribution in [0.2, 0.25) is 0 Å². The van der Waals surface area contributed by atoms with E-state index in [1.165, 1.54) is 0 Å². The lowest BCUT2D eigenvalue weighted by Crippen LogP contribution is -2.25. The fraction of sp³-hybridized carbons (Fsp3) is 0.333. The second kappa shape index (κ2) is 3.34. The quantitative estimate of drug-likeness (QED) is 0.579. The molecule has 0 N–H and O–H groups in total. The van der Waals surface area contributed by atoms with E-state index in [2.05, 4.69) is 16.6 Å². The topological polar surface area (TPSA) is 28.0 Å². The number of likely N-dealkylation sites (N-methyl/N-ethyl adjacent to an activating group) is 1. The van der Waals surface area contributed by atoms with Crippen LogP contribution in [-0.2, 0) is 0 Å². The molecule has 0 aromatic heterocycles. The van der Waals surface area contributed by atoms with Gasteiger partial charge < -0.3 is 4.90 Å². The highest BCUT2D eigenvalue weighted by molar-refractivity contribution is 6.13. The molecule has 0 atom stereocenters. The van der Waals surface area contributed by atoms with Gasteiger partial charge in [-0.25, -0.2) is 9.98 Å². The number of rotatable bonds is 1. The van der Waals surface area contributed by atoms with Crippen LogP contribution >= 0.6 is 0 Å². The lowest BCUT2D eigenvalue weighted by atomic mass is 10.4. The molecule has 0 radical (unpaired) electrons. The van der Waals surface area contributed by atoms with E-state index >= 15 is 0 Å². The fourth-order valence-corrected chi connectivity index (χ4v) is 0.973. The standard InChI is InChI=1S/C9H13N3/c1-5-6-10-9-7(2)11-8(3)12(9)4/h5-6H,2H2,1,3-4H3/b6-5-,10-9?. The zero-order valence-corrected chi connectivity index (χ0v) is 7.70. The summed E-state index contributed by atoms with van der Waals surface area (Å²) in [5, 5.41) is 0. The zero-order valence-electron chi connectivity index (χ0n) is 7.70. The third kappa shape index (κ3) is 1.44. The first kappa shape index (κ1) is 8.71. The van der Waals surface area contributed by atoms with Crippen LogP contribution < -0.4 is 0 Å². The number of hydrogen-bond acceptors (Lipinski definition) is 2. The predicted octanol–water partition coefficient (Wildman–Crippen LogP) is 1.80. The van der Waals surface area contributed by atoms with Gasteiger partial charge in [-0.1, -0.05) is 12.7 Å². The summed E-state index contributed by atoms with van der Waals surface area (Å²) in [7, 11) is 1.93. The van der Waals surface area contributed by atoms with E-state index in [0.717, 1.165) is 17.4 Å². The van der Waals surface area contributed by atoms with Gasteiger partial charge in [0.1, 0.15) is 11.5 Å². The molecule has 3 nitrogen and oxygen atoms in total. The molecule has 1 heterocycles. The van der Waals surface area contributed by atoms with Crippen LogP contribution in [0.25, 0.3) is 0 Å². The summed E-state index contributed by atoms with van der Waals surface area (Å²) >= 11 is 0. The lowest BCUT2D eigenvalue weighted by Gasteiger charge is -2.10. The van der Waals surface area contributed by atoms with Crippen molar-refractivity contribution in [1.29, 1.82) is 0 Å². The van der Waals surface area contributed by atoms with Gasteiger partial charge in [0.2, 0.25) is 0 Å². The predicted molar refractivity (Wildman–Crippen MR) is 52.3 cm³/mol. The Morgan fingerprint density at radius 1 is 1.58 bits per heavy atom. The van der Waals surface area contributed by atoms with Crippen LogP contribution in [0.4, 0.5) is 0 Å². The first-order valence-corrected chi connectivity index (χ1v) is 3.84. The summed E-state index contributed by atoms with van der Waals surface area (Å²) in [6.07, 6.45) is 3.62. The summed E-state index contributed by atoms with van der Waals surface area (Å²) in [4.78, 5) is 10.3. The van der Waals surface area contributed by atoms with Crippen molar-refractivity contribution in [2.24, 2.45) is 9.98 Å². The molecule has 0 bridgehead atoms. The fourth-order valence-electron chi connectivity index (χ4n) is 0.973. The number of nitrogens with zero attached hydrogens (tertiary/aromatic N) is 3. The maximum absolute atomic E-state index is 4.20. The normalized spacial score (nSPS) is 21.2. The maximum atomic E-state index is 4.20. The molecule has 12 heavy (non-hydrogen) atoms. The molecule has 64 valence electrons. The minimum absolute atomic E-state index is 0.730. The summed E-state index contributed by atoms with van der Waals surface area (Å²) in [5.41, 5.74) is 0.730. The van der Waals surface area contributed by atoms with Gasteiger partial charge in [0.05, 0.1) is 0 Å². The van der Waals surface area contributed by atoms with Crippen molar-refractivity contribution in [1.82, 2.24) is 4.90 Å². The van der Waals surface area contributed by atoms with Crippen molar-refractivity contribution in [2.75, 3.05) is 7.05 Å². The Morgan fingerprint density at radius 2 is 2.25 bits per heavy atom. The summed E-state index contributed by atoms with van der Waals surface area (Å²) in [6.45, 7) is 7.66. The third-order valence-electron chi connectivity index (χ3n) is 1.70. The van der Waals surface area contributed by atoms with Crippen molar-refractivity contribution in [2.45, 2.75) is 13.8 Å². The highest BCUT2D eigenvalue weighted by Crippen LogP contribution is 2.12. The molecule has 0 aliphatic carbocycles. The molecule has 0 fully saturated rings. The number of amidine groups is 2. The minimum Gasteiger partial charge on any atom is -0.316 e. The molecule has 1 rings (SSSR count). The SMILES string of the molecule is C=C1N=C(C)N(C)C1=N/C=C\C. The molecule has 0 amide bonds. The lowest BCUT2D eigenvalue weighted by molar-refractivity contribution is 0.768. The first-order valence-electron chi connectivity index (χ1n) is 3.84. The molecule has 0 saturated heterocycles. The van der Waals surface area contributed by atoms with Crippen molar-refractivity contribution in [3.63, 3.8) is 0 Å². The largest absolute Gasteiger partial charge is 0.316 e. The van der Waals surface area contributed by atoms with Gasteiger partial charge in [0, 0.05) is 13.2 Å². The second-order valence-corrected chi connectivity index (χ2v) is 2.60. The van der Waals surface area contributed by atoms with E-state index in [-0.39, 0.29) is 0 Å². The van der Waals surface area contributed by atoms with E-state index < -0.39 is 0 Å². The summed E-state index contributed by atoms with van der Waals surface area (Å²) < 4.78 is 0. The Labute approximate surface area is 72.8 Å². The Balaban J connectivity index is 2.90. The van der Waals surface area contributed by atoms with E-state index in [1.54, 1.807) is 6.20 Å². The van der Waals surface area contributed by atoms with Crippen molar-refractivity contribution in [3.05, 3.63) is 24.6 Å². The third-order valence-corrected chi connectivity index (χ3v) is 1.70. The Kier molecular flexibility index (Phi) is 2.43. The molecule has 3 heteroatoms. The van der Waals surface area contributed by atoms with Gasteiger partial charge in [-0.2, -0.15) is 0 Å². The van der Waals surface area contributed by atoms with Crippen LogP contribution in [0, 0.1) is 0 Å². The van der Waals surface area contributed by atoms with Gasteiger partial charge in [-0.3, -0.25) is 0 Å². The summed E-state index contributed by atoms with van der Waals surface area (Å²) in [6, 6.07) is 0. The van der Waals surface area contributed by atoms with E-state index in [0.29, 0.717) is 0 Å². The minimum atomic E-state index is 0.730. The highest BCUT2D eigenvalue weighted by Gasteiger charge is 2.18.